The SMILES string of the molecule is CC(C)C[C@@H](CO)Nc1nc(Nc2ccc3c(c2)CC(=O)N3)ncc1C(F)(F)F. The number of halogens is 3. The fourth-order valence-electron chi connectivity index (χ4n) is 3.14. The molecule has 0 spiro atoms. The third kappa shape index (κ3) is 5.14. The van der Waals surface area contributed by atoms with E-state index in [0.717, 1.165) is 5.56 Å². The van der Waals surface area contributed by atoms with Crippen LogP contribution in [-0.2, 0) is 17.4 Å². The van der Waals surface area contributed by atoms with Gasteiger partial charge in [0.25, 0.3) is 0 Å². The number of rotatable bonds is 7. The fourth-order valence-corrected chi connectivity index (χ4v) is 3.14. The van der Waals surface area contributed by atoms with Gasteiger partial charge in [0.1, 0.15) is 11.4 Å². The van der Waals surface area contributed by atoms with Gasteiger partial charge in [-0.15, -0.1) is 0 Å². The van der Waals surface area contributed by atoms with E-state index in [2.05, 4.69) is 25.9 Å². The Morgan fingerprint density at radius 2 is 2.07 bits per heavy atom. The van der Waals surface area contributed by atoms with Crippen molar-refractivity contribution in [2.24, 2.45) is 5.92 Å². The quantitative estimate of drug-likeness (QED) is 0.558. The van der Waals surface area contributed by atoms with E-state index in [1.807, 2.05) is 13.8 Å². The lowest BCUT2D eigenvalue weighted by Crippen LogP contribution is -2.28. The van der Waals surface area contributed by atoms with Crippen molar-refractivity contribution in [2.45, 2.75) is 38.9 Å². The topological polar surface area (TPSA) is 99.2 Å². The van der Waals surface area contributed by atoms with Crippen LogP contribution in [0.15, 0.2) is 24.4 Å². The summed E-state index contributed by atoms with van der Waals surface area (Å²) in [6.45, 7) is 3.50. The number of aliphatic hydroxyl groups is 1. The van der Waals surface area contributed by atoms with Crippen LogP contribution in [-0.4, -0.2) is 33.6 Å². The average molecular weight is 409 g/mol. The predicted octanol–water partition coefficient (Wildman–Crippen LogP) is 3.55. The zero-order chi connectivity index (χ0) is 21.2. The van der Waals surface area contributed by atoms with E-state index in [-0.39, 0.29) is 30.8 Å². The van der Waals surface area contributed by atoms with E-state index in [9.17, 15) is 23.1 Å². The first-order valence-corrected chi connectivity index (χ1v) is 9.17. The highest BCUT2D eigenvalue weighted by atomic mass is 19.4. The van der Waals surface area contributed by atoms with Crippen molar-refractivity contribution in [3.05, 3.63) is 35.5 Å². The number of anilines is 4. The van der Waals surface area contributed by atoms with Crippen LogP contribution >= 0.6 is 0 Å². The monoisotopic (exact) mass is 409 g/mol. The van der Waals surface area contributed by atoms with Crippen LogP contribution < -0.4 is 16.0 Å². The summed E-state index contributed by atoms with van der Waals surface area (Å²) in [5, 5.41) is 17.8. The molecule has 7 nitrogen and oxygen atoms in total. The lowest BCUT2D eigenvalue weighted by molar-refractivity contribution is -0.137. The van der Waals surface area contributed by atoms with Gasteiger partial charge in [0, 0.05) is 17.6 Å². The van der Waals surface area contributed by atoms with Crippen LogP contribution in [0.5, 0.6) is 0 Å². The number of benzene rings is 1. The highest BCUT2D eigenvalue weighted by Crippen LogP contribution is 2.35. The number of aromatic nitrogens is 2. The molecule has 3 rings (SSSR count). The predicted molar refractivity (Wildman–Crippen MR) is 103 cm³/mol. The molecule has 0 unspecified atom stereocenters. The third-order valence-electron chi connectivity index (χ3n) is 4.40. The van der Waals surface area contributed by atoms with E-state index in [1.165, 1.54) is 0 Å². The number of carbonyl (C=O) groups excluding carboxylic acids is 1. The van der Waals surface area contributed by atoms with Crippen LogP contribution in [0, 0.1) is 5.92 Å². The molecular weight excluding hydrogens is 387 g/mol. The molecule has 0 radical (unpaired) electrons. The zero-order valence-electron chi connectivity index (χ0n) is 16.0. The number of hydrogen-bond donors (Lipinski definition) is 4. The molecule has 1 aromatic carbocycles. The summed E-state index contributed by atoms with van der Waals surface area (Å²) in [5.74, 6) is -0.363. The van der Waals surface area contributed by atoms with Gasteiger partial charge in [0.05, 0.1) is 19.1 Å². The first-order valence-electron chi connectivity index (χ1n) is 9.17. The Morgan fingerprint density at radius 1 is 1.31 bits per heavy atom. The number of amides is 1. The maximum absolute atomic E-state index is 13.4. The van der Waals surface area contributed by atoms with Crippen molar-refractivity contribution < 1.29 is 23.1 Å². The van der Waals surface area contributed by atoms with Crippen molar-refractivity contribution in [3.8, 4) is 0 Å². The van der Waals surface area contributed by atoms with Gasteiger partial charge in [-0.1, -0.05) is 13.8 Å². The number of nitrogens with one attached hydrogen (secondary N) is 3. The Labute approximate surface area is 165 Å². The summed E-state index contributed by atoms with van der Waals surface area (Å²) in [7, 11) is 0. The number of alkyl halides is 3. The minimum atomic E-state index is -4.64. The van der Waals surface area contributed by atoms with Gasteiger partial charge in [-0.25, -0.2) is 4.98 Å². The summed E-state index contributed by atoms with van der Waals surface area (Å²) in [5.41, 5.74) is 1.03. The smallest absolute Gasteiger partial charge is 0.394 e. The highest BCUT2D eigenvalue weighted by molar-refractivity contribution is 5.99. The standard InChI is InChI=1S/C19H22F3N5O2/c1-10(2)5-13(9-28)24-17-14(19(20,21)22)8-23-18(27-17)25-12-3-4-15-11(6-12)7-16(29)26-15/h3-4,6,8,10,13,28H,5,7,9H2,1-2H3,(H,26,29)(H2,23,24,25,27)/t13-/m0/s1. The number of hydrogen-bond acceptors (Lipinski definition) is 6. The molecule has 1 atom stereocenters. The Balaban J connectivity index is 1.87. The molecule has 4 N–H and O–H groups in total. The van der Waals surface area contributed by atoms with Crippen molar-refractivity contribution in [1.29, 1.82) is 0 Å². The fraction of sp³-hybridized carbons (Fsp3) is 0.421. The van der Waals surface area contributed by atoms with E-state index in [4.69, 9.17) is 0 Å². The molecule has 10 heteroatoms. The number of aliphatic hydroxyl groups excluding tert-OH is 1. The third-order valence-corrected chi connectivity index (χ3v) is 4.40. The second-order valence-corrected chi connectivity index (χ2v) is 7.33. The summed E-state index contributed by atoms with van der Waals surface area (Å²) < 4.78 is 40.1. The maximum Gasteiger partial charge on any atom is 0.421 e. The van der Waals surface area contributed by atoms with Crippen LogP contribution in [0.4, 0.5) is 36.3 Å². The Morgan fingerprint density at radius 3 is 2.72 bits per heavy atom. The summed E-state index contributed by atoms with van der Waals surface area (Å²) in [6.07, 6.45) is -3.22. The number of carbonyl (C=O) groups is 1. The summed E-state index contributed by atoms with van der Waals surface area (Å²) in [6, 6.07) is 4.52. The maximum atomic E-state index is 13.4. The molecule has 0 bridgehead atoms. The second-order valence-electron chi connectivity index (χ2n) is 7.33. The van der Waals surface area contributed by atoms with E-state index >= 15 is 0 Å². The lowest BCUT2D eigenvalue weighted by atomic mass is 10.0. The molecule has 1 aliphatic heterocycles. The van der Waals surface area contributed by atoms with Crippen LogP contribution in [0.3, 0.4) is 0 Å². The molecule has 2 aromatic rings. The molecule has 29 heavy (non-hydrogen) atoms. The van der Waals surface area contributed by atoms with Gasteiger partial charge in [-0.2, -0.15) is 18.2 Å². The lowest BCUT2D eigenvalue weighted by Gasteiger charge is -2.21. The normalized spacial score (nSPS) is 14.5. The summed E-state index contributed by atoms with van der Waals surface area (Å²) >= 11 is 0. The minimum absolute atomic E-state index is 0.0287. The zero-order valence-corrected chi connectivity index (χ0v) is 16.0. The highest BCUT2D eigenvalue weighted by Gasteiger charge is 2.36. The van der Waals surface area contributed by atoms with Gasteiger partial charge >= 0.3 is 6.18 Å². The van der Waals surface area contributed by atoms with E-state index < -0.39 is 23.6 Å². The molecule has 0 saturated heterocycles. The number of fused-ring (bicyclic) bond motifs is 1. The summed E-state index contributed by atoms with van der Waals surface area (Å²) in [4.78, 5) is 19.2. The number of nitrogens with zero attached hydrogens (tertiary/aromatic N) is 2. The molecule has 0 aliphatic carbocycles. The molecule has 1 aliphatic rings. The van der Waals surface area contributed by atoms with E-state index in [0.29, 0.717) is 24.0 Å². The second kappa shape index (κ2) is 8.24. The van der Waals surface area contributed by atoms with Gasteiger partial charge in [-0.3, -0.25) is 4.79 Å². The molecular formula is C19H22F3N5O2. The van der Waals surface area contributed by atoms with Gasteiger partial charge in [0.2, 0.25) is 11.9 Å². The van der Waals surface area contributed by atoms with Crippen molar-refractivity contribution in [1.82, 2.24) is 9.97 Å². The Bertz CT molecular complexity index is 902. The van der Waals surface area contributed by atoms with Crippen LogP contribution in [0.25, 0.3) is 0 Å². The van der Waals surface area contributed by atoms with Crippen molar-refractivity contribution in [2.75, 3.05) is 22.6 Å². The molecule has 156 valence electrons. The Kier molecular flexibility index (Phi) is 5.92. The molecule has 0 saturated carbocycles. The largest absolute Gasteiger partial charge is 0.421 e. The minimum Gasteiger partial charge on any atom is -0.394 e. The molecule has 1 amide bonds. The van der Waals surface area contributed by atoms with Crippen LogP contribution in [0.2, 0.25) is 0 Å². The van der Waals surface area contributed by atoms with E-state index in [1.54, 1.807) is 18.2 Å². The molecule has 2 heterocycles. The van der Waals surface area contributed by atoms with Crippen LogP contribution in [0.1, 0.15) is 31.4 Å². The average Bonchev–Trinajstić information content (AvgIpc) is 2.99. The van der Waals surface area contributed by atoms with Crippen molar-refractivity contribution >= 4 is 29.0 Å². The molecule has 0 fully saturated rings. The first kappa shape index (κ1) is 20.8. The molecule has 1 aromatic heterocycles. The van der Waals surface area contributed by atoms with Gasteiger partial charge in [-0.05, 0) is 36.1 Å². The first-order chi connectivity index (χ1) is 13.7. The van der Waals surface area contributed by atoms with Crippen molar-refractivity contribution in [3.63, 3.8) is 0 Å². The Hall–Kier alpha value is -2.88. The van der Waals surface area contributed by atoms with Gasteiger partial charge in [0.15, 0.2) is 0 Å². The van der Waals surface area contributed by atoms with Gasteiger partial charge < -0.3 is 21.1 Å².